The fourth-order valence-electron chi connectivity index (χ4n) is 4.59. The van der Waals surface area contributed by atoms with Crippen LogP contribution >= 0.6 is 23.2 Å². The Morgan fingerprint density at radius 2 is 1.82 bits per heavy atom. The normalized spacial score (nSPS) is 18.9. The van der Waals surface area contributed by atoms with E-state index < -0.39 is 22.7 Å². The number of nitrogens with two attached hydrogens (primary N) is 1. The predicted octanol–water partition coefficient (Wildman–Crippen LogP) is 4.20. The summed E-state index contributed by atoms with van der Waals surface area (Å²) in [5, 5.41) is 9.30. The van der Waals surface area contributed by atoms with E-state index >= 15 is 0 Å². The van der Waals surface area contributed by atoms with Crippen molar-refractivity contribution in [2.45, 2.75) is 25.9 Å². The Balaban J connectivity index is 1.80. The number of pyridine rings is 1. The quantitative estimate of drug-likeness (QED) is 0.397. The van der Waals surface area contributed by atoms with Crippen LogP contribution in [0.2, 0.25) is 10.0 Å². The van der Waals surface area contributed by atoms with Crippen molar-refractivity contribution < 1.29 is 32.2 Å². The van der Waals surface area contributed by atoms with Crippen molar-refractivity contribution in [2.75, 3.05) is 25.4 Å². The molecule has 2 aliphatic heterocycles. The average Bonchev–Trinajstić information content (AvgIpc) is 3.62. The van der Waals surface area contributed by atoms with E-state index in [9.17, 15) is 22.8 Å². The van der Waals surface area contributed by atoms with E-state index in [-0.39, 0.29) is 56.6 Å². The molecule has 2 aliphatic rings. The first-order valence-electron chi connectivity index (χ1n) is 11.9. The second kappa shape index (κ2) is 10.3. The Labute approximate surface area is 234 Å². The summed E-state index contributed by atoms with van der Waals surface area (Å²) >= 11 is 12.4. The molecular weight excluding hydrogens is 580 g/mol. The molecule has 1 atom stereocenters. The van der Waals surface area contributed by atoms with Crippen LogP contribution in [-0.4, -0.2) is 63.8 Å². The lowest BCUT2D eigenvalue weighted by Crippen LogP contribution is -2.56. The molecule has 0 radical (unpaired) electrons. The SMILES string of the molecule is CC[N+]1(OC(=O)C(F)(F)F)C(c2nonc2N)=Nc2c(-c3cc(Cl)cc(Cl)c3)ncc(C(=O)NN3CCCC3)c21. The number of nitrogens with one attached hydrogen (secondary N) is 1. The third-order valence-electron chi connectivity index (χ3n) is 6.34. The summed E-state index contributed by atoms with van der Waals surface area (Å²) < 4.78 is 44.0. The van der Waals surface area contributed by atoms with Crippen LogP contribution < -0.4 is 15.8 Å². The molecule has 1 unspecified atom stereocenters. The molecule has 17 heteroatoms. The number of amides is 1. The molecule has 0 saturated carbocycles. The van der Waals surface area contributed by atoms with Gasteiger partial charge < -0.3 is 5.73 Å². The third kappa shape index (κ3) is 4.85. The molecule has 4 heterocycles. The van der Waals surface area contributed by atoms with Crippen LogP contribution in [0, 0.1) is 0 Å². The van der Waals surface area contributed by atoms with Crippen LogP contribution in [0.4, 0.5) is 30.4 Å². The Morgan fingerprint density at radius 1 is 1.15 bits per heavy atom. The van der Waals surface area contributed by atoms with Crippen LogP contribution in [0.3, 0.4) is 0 Å². The van der Waals surface area contributed by atoms with Gasteiger partial charge in [0.25, 0.3) is 5.91 Å². The number of rotatable bonds is 6. The highest BCUT2D eigenvalue weighted by atomic mass is 35.5. The third-order valence-corrected chi connectivity index (χ3v) is 6.77. The second-order valence-electron chi connectivity index (χ2n) is 8.88. The lowest BCUT2D eigenvalue weighted by molar-refractivity contribution is -0.222. The maximum Gasteiger partial charge on any atom is 0.497 e. The smallest absolute Gasteiger partial charge is 0.379 e. The summed E-state index contributed by atoms with van der Waals surface area (Å²) in [4.78, 5) is 39.9. The molecule has 0 spiro atoms. The average molecular weight is 600 g/mol. The molecule has 3 N–H and O–H groups in total. The van der Waals surface area contributed by atoms with Gasteiger partial charge in [0.05, 0.1) is 0 Å². The predicted molar refractivity (Wildman–Crippen MR) is 137 cm³/mol. The van der Waals surface area contributed by atoms with Crippen LogP contribution in [0.15, 0.2) is 34.0 Å². The number of halogens is 5. The molecule has 1 amide bonds. The highest BCUT2D eigenvalue weighted by Gasteiger charge is 2.58. The molecule has 2 aromatic heterocycles. The van der Waals surface area contributed by atoms with Gasteiger partial charge >= 0.3 is 18.0 Å². The zero-order chi connectivity index (χ0) is 28.8. The Kier molecular flexibility index (Phi) is 7.16. The van der Waals surface area contributed by atoms with Gasteiger partial charge in [0.15, 0.2) is 5.69 Å². The molecular formula is C23H20Cl2F3N8O4+. The van der Waals surface area contributed by atoms with Crippen LogP contribution in [-0.2, 0) is 9.63 Å². The zero-order valence-electron chi connectivity index (χ0n) is 20.6. The van der Waals surface area contributed by atoms with Crippen molar-refractivity contribution >= 4 is 58.1 Å². The van der Waals surface area contributed by atoms with Crippen molar-refractivity contribution in [3.05, 3.63) is 45.7 Å². The minimum atomic E-state index is -5.39. The molecule has 5 rings (SSSR count). The zero-order valence-corrected chi connectivity index (χ0v) is 22.1. The van der Waals surface area contributed by atoms with Crippen LogP contribution in [0.5, 0.6) is 0 Å². The van der Waals surface area contributed by atoms with E-state index in [1.54, 1.807) is 5.01 Å². The van der Waals surface area contributed by atoms with E-state index in [1.165, 1.54) is 25.1 Å². The molecule has 0 bridgehead atoms. The molecule has 40 heavy (non-hydrogen) atoms. The van der Waals surface area contributed by atoms with Crippen molar-refractivity contribution in [3.8, 4) is 11.3 Å². The number of fused-ring (bicyclic) bond motifs is 1. The number of nitrogens with zero attached hydrogens (tertiary/aromatic N) is 6. The van der Waals surface area contributed by atoms with Crippen LogP contribution in [0.25, 0.3) is 11.3 Å². The highest BCUT2D eigenvalue weighted by Crippen LogP contribution is 2.50. The summed E-state index contributed by atoms with van der Waals surface area (Å²) in [7, 11) is 0. The van der Waals surface area contributed by atoms with Gasteiger partial charge in [0.2, 0.25) is 17.2 Å². The molecule has 210 valence electrons. The number of nitrogen functional groups attached to an aromatic ring is 1. The van der Waals surface area contributed by atoms with Crippen molar-refractivity contribution in [3.63, 3.8) is 0 Å². The van der Waals surface area contributed by atoms with Gasteiger partial charge in [0, 0.05) is 34.9 Å². The molecule has 1 aromatic carbocycles. The number of alkyl halides is 3. The van der Waals surface area contributed by atoms with Crippen LogP contribution in [0.1, 0.15) is 35.8 Å². The van der Waals surface area contributed by atoms with E-state index in [0.717, 1.165) is 19.0 Å². The molecule has 1 fully saturated rings. The first kappa shape index (κ1) is 27.8. The Bertz CT molecular complexity index is 1520. The Hall–Kier alpha value is -3.79. The van der Waals surface area contributed by atoms with Gasteiger partial charge in [-0.15, -0.1) is 0 Å². The lowest BCUT2D eigenvalue weighted by Gasteiger charge is -2.30. The topological polar surface area (TPSA) is 149 Å². The number of anilines is 1. The maximum atomic E-state index is 13.6. The Morgan fingerprint density at radius 3 is 2.40 bits per heavy atom. The molecule has 1 saturated heterocycles. The second-order valence-corrected chi connectivity index (χ2v) is 9.75. The molecule has 3 aromatic rings. The van der Waals surface area contributed by atoms with Crippen molar-refractivity contribution in [2.24, 2.45) is 4.99 Å². The summed E-state index contributed by atoms with van der Waals surface area (Å²) in [6.07, 6.45) is -2.55. The number of benzene rings is 1. The van der Waals surface area contributed by atoms with Crippen molar-refractivity contribution in [1.29, 1.82) is 0 Å². The number of amidine groups is 1. The van der Waals surface area contributed by atoms with Crippen molar-refractivity contribution in [1.82, 2.24) is 30.4 Å². The van der Waals surface area contributed by atoms with Gasteiger partial charge in [-0.05, 0) is 52.9 Å². The fraction of sp³-hybridized carbons (Fsp3) is 0.304. The number of carbonyl (C=O) groups is 2. The van der Waals surface area contributed by atoms with Gasteiger partial charge in [-0.2, -0.15) is 18.2 Å². The van der Waals surface area contributed by atoms with Gasteiger partial charge in [-0.3, -0.25) is 20.0 Å². The number of hydrogen-bond acceptors (Lipinski definition) is 10. The number of carbonyl (C=O) groups excluding carboxylic acids is 2. The highest BCUT2D eigenvalue weighted by molar-refractivity contribution is 6.35. The first-order valence-corrected chi connectivity index (χ1v) is 12.6. The number of aliphatic imine (C=N–C) groups is 1. The van der Waals surface area contributed by atoms with Gasteiger partial charge in [0.1, 0.15) is 17.8 Å². The largest absolute Gasteiger partial charge is 0.497 e. The molecule has 0 aliphatic carbocycles. The molecule has 12 nitrogen and oxygen atoms in total. The van der Waals surface area contributed by atoms with E-state index in [1.807, 2.05) is 0 Å². The number of quaternary nitrogens is 1. The number of hydrogen-bond donors (Lipinski definition) is 2. The standard InChI is InChI=1S/C23H19Cl2F3N8O4/c1-2-36(39-22(38)23(26,27)28)18-14(21(37)32-35-5-3-4-6-35)10-30-15(11-7-12(24)9-13(25)8-11)16(18)31-20(36)17-19(29)34-40-33-17/h7-10H,2-6H2,1H3,(H2-,29,32,34,37)/p+1. The van der Waals surface area contributed by atoms with Gasteiger partial charge in [-0.25, -0.2) is 14.4 Å². The van der Waals surface area contributed by atoms with E-state index in [4.69, 9.17) is 33.8 Å². The minimum absolute atomic E-state index is 0.0844. The fourth-order valence-corrected chi connectivity index (χ4v) is 5.11. The first-order chi connectivity index (χ1) is 18.9. The maximum absolute atomic E-state index is 13.6. The number of aromatic nitrogens is 3. The number of hydroxylamine groups is 2. The van der Waals surface area contributed by atoms with E-state index in [0.29, 0.717) is 18.7 Å². The van der Waals surface area contributed by atoms with E-state index in [2.05, 4.69) is 30.3 Å². The summed E-state index contributed by atoms with van der Waals surface area (Å²) in [5.74, 6) is -3.97. The summed E-state index contributed by atoms with van der Waals surface area (Å²) in [6, 6.07) is 4.47. The summed E-state index contributed by atoms with van der Waals surface area (Å²) in [6.45, 7) is 2.20. The lowest BCUT2D eigenvalue weighted by atomic mass is 10.1. The van der Waals surface area contributed by atoms with Gasteiger partial charge in [-0.1, -0.05) is 23.2 Å². The number of hydrazine groups is 1. The summed E-state index contributed by atoms with van der Waals surface area (Å²) in [5.41, 5.74) is 8.21. The minimum Gasteiger partial charge on any atom is -0.379 e. The monoisotopic (exact) mass is 599 g/mol.